The van der Waals surface area contributed by atoms with Crippen LogP contribution >= 0.6 is 11.3 Å². The number of thiophene rings is 1. The largest absolute Gasteiger partial charge is 0.350 e. The number of carbonyl (C=O) groups excluding carboxylic acids is 2. The summed E-state index contributed by atoms with van der Waals surface area (Å²) in [5.41, 5.74) is 5.65. The Morgan fingerprint density at radius 1 is 1.30 bits per heavy atom. The third-order valence-corrected chi connectivity index (χ3v) is 3.74. The van der Waals surface area contributed by atoms with Gasteiger partial charge in [0.05, 0.1) is 4.88 Å². The molecule has 0 aliphatic carbocycles. The fraction of sp³-hybridized carbons (Fsp3) is 0.571. The second-order valence-corrected chi connectivity index (χ2v) is 6.19. The lowest BCUT2D eigenvalue weighted by Crippen LogP contribution is -2.50. The van der Waals surface area contributed by atoms with Crippen molar-refractivity contribution in [2.45, 2.75) is 39.3 Å². The predicted octanol–water partition coefficient (Wildman–Crippen LogP) is 1.36. The van der Waals surface area contributed by atoms with Gasteiger partial charge in [0, 0.05) is 12.6 Å². The summed E-state index contributed by atoms with van der Waals surface area (Å²) in [5.74, 6) is 0.0293. The van der Waals surface area contributed by atoms with Crippen molar-refractivity contribution in [3.8, 4) is 0 Å². The molecule has 1 rings (SSSR count). The van der Waals surface area contributed by atoms with E-state index in [1.54, 1.807) is 19.1 Å². The van der Waals surface area contributed by atoms with Crippen LogP contribution in [0.5, 0.6) is 0 Å². The van der Waals surface area contributed by atoms with Crippen LogP contribution in [0.15, 0.2) is 17.5 Å². The van der Waals surface area contributed by atoms with E-state index in [1.165, 1.54) is 11.3 Å². The predicted molar refractivity (Wildman–Crippen MR) is 81.7 cm³/mol. The van der Waals surface area contributed by atoms with Gasteiger partial charge in [-0.1, -0.05) is 19.9 Å². The van der Waals surface area contributed by atoms with Crippen molar-refractivity contribution in [1.29, 1.82) is 0 Å². The second-order valence-electron chi connectivity index (χ2n) is 5.24. The van der Waals surface area contributed by atoms with Gasteiger partial charge in [-0.15, -0.1) is 11.3 Å². The molecule has 2 amide bonds. The SMILES string of the molecule is CC(C)CC(CN)NC(=O)C(C)NC(=O)c1cccs1. The van der Waals surface area contributed by atoms with Gasteiger partial charge in [0.15, 0.2) is 0 Å². The fourth-order valence-electron chi connectivity index (χ4n) is 1.85. The number of hydrogen-bond acceptors (Lipinski definition) is 4. The molecular formula is C14H23N3O2S. The highest BCUT2D eigenvalue weighted by atomic mass is 32.1. The molecule has 0 saturated heterocycles. The van der Waals surface area contributed by atoms with Crippen molar-refractivity contribution < 1.29 is 9.59 Å². The molecule has 0 aliphatic heterocycles. The van der Waals surface area contributed by atoms with Gasteiger partial charge in [-0.05, 0) is 30.7 Å². The van der Waals surface area contributed by atoms with Gasteiger partial charge in [0.25, 0.3) is 5.91 Å². The standard InChI is InChI=1S/C14H23N3O2S/c1-9(2)7-11(8-15)17-13(18)10(3)16-14(19)12-5-4-6-20-12/h4-6,9-11H,7-8,15H2,1-3H3,(H,16,19)(H,17,18). The fourth-order valence-corrected chi connectivity index (χ4v) is 2.48. The number of amides is 2. The molecule has 2 atom stereocenters. The molecule has 0 aliphatic rings. The average molecular weight is 297 g/mol. The van der Waals surface area contributed by atoms with E-state index in [0.717, 1.165) is 6.42 Å². The normalized spacial score (nSPS) is 13.8. The van der Waals surface area contributed by atoms with E-state index in [9.17, 15) is 9.59 Å². The van der Waals surface area contributed by atoms with E-state index in [4.69, 9.17) is 5.73 Å². The van der Waals surface area contributed by atoms with E-state index in [0.29, 0.717) is 17.3 Å². The van der Waals surface area contributed by atoms with Crippen LogP contribution in [0.1, 0.15) is 36.9 Å². The zero-order chi connectivity index (χ0) is 15.1. The number of nitrogens with one attached hydrogen (secondary N) is 2. The zero-order valence-electron chi connectivity index (χ0n) is 12.2. The Hall–Kier alpha value is -1.40. The summed E-state index contributed by atoms with van der Waals surface area (Å²) < 4.78 is 0. The lowest BCUT2D eigenvalue weighted by atomic mass is 10.0. The Labute approximate surface area is 123 Å². The summed E-state index contributed by atoms with van der Waals surface area (Å²) in [6, 6.07) is 2.90. The summed E-state index contributed by atoms with van der Waals surface area (Å²) in [4.78, 5) is 24.5. The molecule has 5 nitrogen and oxygen atoms in total. The van der Waals surface area contributed by atoms with E-state index in [1.807, 2.05) is 5.38 Å². The third kappa shape index (κ3) is 5.30. The number of nitrogens with two attached hydrogens (primary N) is 1. The van der Waals surface area contributed by atoms with E-state index in [2.05, 4.69) is 24.5 Å². The summed E-state index contributed by atoms with van der Waals surface area (Å²) in [6.07, 6.45) is 0.827. The van der Waals surface area contributed by atoms with Crippen molar-refractivity contribution in [2.75, 3.05) is 6.54 Å². The molecule has 112 valence electrons. The highest BCUT2D eigenvalue weighted by Gasteiger charge is 2.20. The van der Waals surface area contributed by atoms with Gasteiger partial charge >= 0.3 is 0 Å². The first-order chi connectivity index (χ1) is 9.43. The Kier molecular flexibility index (Phi) is 6.67. The summed E-state index contributed by atoms with van der Waals surface area (Å²) in [7, 11) is 0. The molecule has 20 heavy (non-hydrogen) atoms. The molecule has 1 heterocycles. The van der Waals surface area contributed by atoms with Crippen LogP contribution in [0.3, 0.4) is 0 Å². The maximum absolute atomic E-state index is 12.0. The summed E-state index contributed by atoms with van der Waals surface area (Å²) in [6.45, 7) is 6.23. The van der Waals surface area contributed by atoms with Gasteiger partial charge < -0.3 is 16.4 Å². The van der Waals surface area contributed by atoms with Crippen LogP contribution in [0.25, 0.3) is 0 Å². The van der Waals surface area contributed by atoms with Gasteiger partial charge in [-0.25, -0.2) is 0 Å². The first-order valence-corrected chi connectivity index (χ1v) is 7.66. The minimum absolute atomic E-state index is 0.0522. The molecule has 0 aromatic carbocycles. The second kappa shape index (κ2) is 8.01. The maximum Gasteiger partial charge on any atom is 0.261 e. The maximum atomic E-state index is 12.0. The average Bonchev–Trinajstić information content (AvgIpc) is 2.90. The van der Waals surface area contributed by atoms with Crippen LogP contribution < -0.4 is 16.4 Å². The molecule has 0 fully saturated rings. The Morgan fingerprint density at radius 2 is 2.00 bits per heavy atom. The number of rotatable bonds is 7. The van der Waals surface area contributed by atoms with Crippen LogP contribution in [0.2, 0.25) is 0 Å². The van der Waals surface area contributed by atoms with Crippen LogP contribution in [-0.2, 0) is 4.79 Å². The molecular weight excluding hydrogens is 274 g/mol. The first-order valence-electron chi connectivity index (χ1n) is 6.78. The van der Waals surface area contributed by atoms with Crippen molar-refractivity contribution in [3.05, 3.63) is 22.4 Å². The smallest absolute Gasteiger partial charge is 0.261 e. The third-order valence-electron chi connectivity index (χ3n) is 2.87. The highest BCUT2D eigenvalue weighted by molar-refractivity contribution is 7.12. The van der Waals surface area contributed by atoms with Crippen molar-refractivity contribution in [2.24, 2.45) is 11.7 Å². The van der Waals surface area contributed by atoms with Gasteiger partial charge in [0.1, 0.15) is 6.04 Å². The summed E-state index contributed by atoms with van der Waals surface area (Å²) >= 11 is 1.35. The quantitative estimate of drug-likeness (QED) is 0.710. The van der Waals surface area contributed by atoms with Crippen molar-refractivity contribution in [3.63, 3.8) is 0 Å². The van der Waals surface area contributed by atoms with E-state index in [-0.39, 0.29) is 17.9 Å². The van der Waals surface area contributed by atoms with Gasteiger partial charge in [-0.2, -0.15) is 0 Å². The minimum atomic E-state index is -0.578. The van der Waals surface area contributed by atoms with Crippen molar-refractivity contribution in [1.82, 2.24) is 10.6 Å². The molecule has 0 radical (unpaired) electrons. The lowest BCUT2D eigenvalue weighted by Gasteiger charge is -2.21. The molecule has 1 aromatic heterocycles. The topological polar surface area (TPSA) is 84.2 Å². The molecule has 2 unspecified atom stereocenters. The number of carbonyl (C=O) groups is 2. The van der Waals surface area contributed by atoms with E-state index >= 15 is 0 Å². The molecule has 1 aromatic rings. The molecule has 0 saturated carbocycles. The van der Waals surface area contributed by atoms with Crippen LogP contribution in [-0.4, -0.2) is 30.4 Å². The van der Waals surface area contributed by atoms with E-state index < -0.39 is 6.04 Å². The Bertz CT molecular complexity index is 432. The Balaban J connectivity index is 2.48. The van der Waals surface area contributed by atoms with Crippen LogP contribution in [0.4, 0.5) is 0 Å². The molecule has 6 heteroatoms. The monoisotopic (exact) mass is 297 g/mol. The summed E-state index contributed by atoms with van der Waals surface area (Å²) in [5, 5.41) is 7.38. The number of hydrogen-bond donors (Lipinski definition) is 3. The zero-order valence-corrected chi connectivity index (χ0v) is 13.0. The first kappa shape index (κ1) is 16.7. The van der Waals surface area contributed by atoms with Crippen LogP contribution in [0, 0.1) is 5.92 Å². The van der Waals surface area contributed by atoms with Gasteiger partial charge in [0.2, 0.25) is 5.91 Å². The lowest BCUT2D eigenvalue weighted by molar-refractivity contribution is -0.123. The molecule has 0 bridgehead atoms. The Morgan fingerprint density at radius 3 is 2.50 bits per heavy atom. The highest BCUT2D eigenvalue weighted by Crippen LogP contribution is 2.08. The minimum Gasteiger partial charge on any atom is -0.350 e. The molecule has 0 spiro atoms. The van der Waals surface area contributed by atoms with Crippen molar-refractivity contribution >= 4 is 23.2 Å². The molecule has 4 N–H and O–H groups in total. The van der Waals surface area contributed by atoms with Gasteiger partial charge in [-0.3, -0.25) is 9.59 Å².